The Hall–Kier alpha value is -0.420. The number of nitrogens with zero attached hydrogens (tertiary/aromatic N) is 2. The van der Waals surface area contributed by atoms with Gasteiger partial charge in [-0.1, -0.05) is 20.8 Å². The third-order valence-corrected chi connectivity index (χ3v) is 26.8. The second-order valence-electron chi connectivity index (χ2n) is 25.5. The second kappa shape index (κ2) is 29.8. The van der Waals surface area contributed by atoms with Crippen molar-refractivity contribution in [3.05, 3.63) is 0 Å². The number of aliphatic hydroxyl groups is 4. The summed E-state index contributed by atoms with van der Waals surface area (Å²) in [7, 11) is 2.76. The summed E-state index contributed by atoms with van der Waals surface area (Å²) in [5.74, 6) is -0.765. The molecule has 4 N–H and O–H groups in total. The van der Waals surface area contributed by atoms with E-state index in [1.165, 1.54) is 103 Å². The van der Waals surface area contributed by atoms with Gasteiger partial charge in [-0.25, -0.2) is 0 Å². The molecule has 3 saturated carbocycles. The average molecular weight is 1010 g/mol. The molecule has 2 saturated heterocycles. The predicted octanol–water partition coefficient (Wildman–Crippen LogP) is 12.5. The van der Waals surface area contributed by atoms with Gasteiger partial charge in [-0.15, -0.1) is 0 Å². The van der Waals surface area contributed by atoms with Crippen LogP contribution in [0.1, 0.15) is 254 Å². The maximum atomic E-state index is 14.3. The Morgan fingerprint density at radius 3 is 1.67 bits per heavy atom. The molecule has 1 unspecified atom stereocenters. The number of amides is 1. The van der Waals surface area contributed by atoms with Crippen molar-refractivity contribution in [2.24, 2.45) is 11.8 Å². The molecule has 12 atom stereocenters. The third-order valence-electron chi connectivity index (χ3n) is 19.3. The fraction of sp³-hybridized carbons (Fsp3) is 0.983. The van der Waals surface area contributed by atoms with Crippen LogP contribution >= 0.6 is 7.26 Å². The molecule has 0 bridgehead atoms. The number of unbranched alkanes of at least 4 members (excludes halogenated alkanes) is 9. The summed E-state index contributed by atoms with van der Waals surface area (Å²) >= 11 is 0. The third kappa shape index (κ3) is 17.8. The summed E-state index contributed by atoms with van der Waals surface area (Å²) in [6.07, 6.45) is 35.8. The summed E-state index contributed by atoms with van der Waals surface area (Å²) < 4.78 is 19.1. The molecule has 70 heavy (non-hydrogen) atoms. The smallest absolute Gasteiger partial charge is 0.0900 e. The van der Waals surface area contributed by atoms with E-state index < -0.39 is 55.3 Å². The van der Waals surface area contributed by atoms with E-state index in [4.69, 9.17) is 14.2 Å². The average Bonchev–Trinajstić information content (AvgIpc) is 3.33. The summed E-state index contributed by atoms with van der Waals surface area (Å²) in [6, 6.07) is -0.0618. The predicted molar refractivity (Wildman–Crippen MR) is 292 cm³/mol. The number of rotatable bonds is 20. The fourth-order valence-corrected chi connectivity index (χ4v) is 23.8. The normalized spacial score (nSPS) is 36.2. The monoisotopic (exact) mass is 1010 g/mol. The van der Waals surface area contributed by atoms with Gasteiger partial charge >= 0.3 is 197 Å². The van der Waals surface area contributed by atoms with Crippen molar-refractivity contribution in [3.8, 4) is 0 Å². The molecule has 11 heteroatoms. The van der Waals surface area contributed by atoms with Gasteiger partial charge in [0.1, 0.15) is 0 Å². The zero-order valence-electron chi connectivity index (χ0n) is 46.9. The van der Waals surface area contributed by atoms with Crippen LogP contribution in [-0.2, 0) is 19.0 Å². The van der Waals surface area contributed by atoms with E-state index in [2.05, 4.69) is 25.9 Å². The van der Waals surface area contributed by atoms with Crippen LogP contribution in [0.5, 0.6) is 0 Å². The van der Waals surface area contributed by atoms with Crippen molar-refractivity contribution in [1.29, 1.82) is 0 Å². The minimum atomic E-state index is -1.38. The molecule has 10 nitrogen and oxygen atoms in total. The van der Waals surface area contributed by atoms with E-state index >= 15 is 0 Å². The van der Waals surface area contributed by atoms with E-state index in [0.717, 1.165) is 42.7 Å². The number of aliphatic hydroxyl groups excluding tert-OH is 2. The Labute approximate surface area is 430 Å². The molecule has 0 aromatic rings. The quantitative estimate of drug-likeness (QED) is 0.0695. The van der Waals surface area contributed by atoms with E-state index in [1.54, 1.807) is 65.5 Å². The van der Waals surface area contributed by atoms with Gasteiger partial charge in [0.2, 0.25) is 5.91 Å². The first-order chi connectivity index (χ1) is 33.4. The Kier molecular flexibility index (Phi) is 25.7. The Morgan fingerprint density at radius 2 is 1.17 bits per heavy atom. The zero-order valence-corrected chi connectivity index (χ0v) is 47.9. The van der Waals surface area contributed by atoms with Crippen LogP contribution < -0.4 is 0 Å². The number of hydrogen-bond donors (Lipinski definition) is 4. The molecule has 2 aliphatic heterocycles. The maximum absolute atomic E-state index is 14.3. The van der Waals surface area contributed by atoms with Crippen molar-refractivity contribution < 1.29 is 39.4 Å². The Bertz CT molecular complexity index is 1400. The van der Waals surface area contributed by atoms with Crippen LogP contribution in [0.3, 0.4) is 0 Å². The Morgan fingerprint density at radius 1 is 0.671 bits per heavy atom. The first-order valence-electron chi connectivity index (χ1n) is 30.1. The van der Waals surface area contributed by atoms with Crippen LogP contribution in [0.25, 0.3) is 0 Å². The van der Waals surface area contributed by atoms with Crippen LogP contribution in [0.4, 0.5) is 0 Å². The molecule has 5 rings (SSSR count). The topological polar surface area (TPSA) is 132 Å². The van der Waals surface area contributed by atoms with Crippen LogP contribution in [0.15, 0.2) is 0 Å². The van der Waals surface area contributed by atoms with Crippen molar-refractivity contribution in [2.45, 2.75) is 331 Å². The van der Waals surface area contributed by atoms with Crippen molar-refractivity contribution in [1.82, 2.24) is 9.80 Å². The van der Waals surface area contributed by atoms with Crippen molar-refractivity contribution >= 4 is 13.2 Å². The molecule has 0 aromatic carbocycles. The van der Waals surface area contributed by atoms with E-state index in [9.17, 15) is 25.2 Å². The summed E-state index contributed by atoms with van der Waals surface area (Å²) in [4.78, 5) is 18.4. The summed E-state index contributed by atoms with van der Waals surface area (Å²) in [5.41, 5.74) is 0.678. The summed E-state index contributed by atoms with van der Waals surface area (Å²) in [6.45, 7) is 13.7. The molecule has 5 fully saturated rings. The van der Waals surface area contributed by atoms with Gasteiger partial charge in [0.15, 0.2) is 12.6 Å². The first-order valence-corrected chi connectivity index (χ1v) is 32.5. The van der Waals surface area contributed by atoms with Gasteiger partial charge in [-0.2, -0.15) is 0 Å². The number of hydrogen-bond acceptors (Lipinski definition) is 9. The van der Waals surface area contributed by atoms with Gasteiger partial charge in [0.25, 0.3) is 0 Å². The minimum absolute atomic E-state index is 0.0322. The van der Waals surface area contributed by atoms with Gasteiger partial charge in [-0.3, -0.25) is 4.79 Å². The summed E-state index contributed by atoms with van der Waals surface area (Å²) in [5, 5.41) is 47.2. The molecular formula is C59H113N2O8P. The Balaban J connectivity index is 1.12. The molecule has 1 amide bonds. The van der Waals surface area contributed by atoms with Crippen LogP contribution in [0, 0.1) is 11.8 Å². The second-order valence-corrected chi connectivity index (χ2v) is 30.6. The van der Waals surface area contributed by atoms with Gasteiger partial charge in [-0.05, 0) is 73.4 Å². The molecule has 0 aromatic heterocycles. The maximum Gasteiger partial charge on any atom is 0.0900 e. The molecule has 2 heterocycles. The SMILES string of the molecule is CC[C@H]1OC(O)[C@H](C)[C@@H](O)C[C@@H](O[C@H]2C[C@@H](N(C)C)C[C@@H](C)O2)[C@](C)(O)C[C@@H](C)CN(C(=O)CCCCCCCCCCCC[PH](C2CCCCC2)(C2CCCCC2)C2CCCCC2)[C@H](C)C[C@]1(C)O. The molecule has 0 spiro atoms. The van der Waals surface area contributed by atoms with Crippen molar-refractivity contribution in [3.63, 3.8) is 0 Å². The minimum Gasteiger partial charge on any atom is -0.387 e. The van der Waals surface area contributed by atoms with E-state index in [-0.39, 0.29) is 42.9 Å². The van der Waals surface area contributed by atoms with E-state index in [1.807, 2.05) is 25.7 Å². The molecule has 3 aliphatic carbocycles. The van der Waals surface area contributed by atoms with Gasteiger partial charge in [0, 0.05) is 37.4 Å². The number of carbonyl (C=O) groups excluding carboxylic acids is 1. The fourth-order valence-electron chi connectivity index (χ4n) is 15.2. The first kappa shape index (κ1) is 60.4. The molecule has 5 aliphatic rings. The zero-order chi connectivity index (χ0) is 50.9. The standard InChI is InChI=1S/C59H113N2O8P/c1-10-53-59(7,66)42-45(3)61(43-44(2)41-58(6,65)54(40-52(62)47(5)57(64)69-53)68-56-39-48(60(8)9)38-46(4)67-56)55(63)36-28-17-15-13-11-12-14-16-18-29-37-70(49-30-22-19-23-31-49,50-32-24-20-25-33-50)51-34-26-21-27-35-51/h44-54,56-57,62,64-66,70H,10-43H2,1-9H3/t44-,45-,46-,47-,48+,52+,53-,54-,56+,57?,58-,59+/m1/s1. The van der Waals surface area contributed by atoms with Crippen LogP contribution in [0.2, 0.25) is 0 Å². The largest absolute Gasteiger partial charge is 0.387 e. The molecule has 412 valence electrons. The molecule has 0 radical (unpaired) electrons. The van der Waals surface area contributed by atoms with Gasteiger partial charge < -0.3 is 44.4 Å². The number of ether oxygens (including phenoxy) is 3. The number of carbonyl (C=O) groups is 1. The van der Waals surface area contributed by atoms with Crippen molar-refractivity contribution in [2.75, 3.05) is 26.8 Å². The molecular weight excluding hydrogens is 896 g/mol. The van der Waals surface area contributed by atoms with Crippen LogP contribution in [-0.4, -0.2) is 140 Å². The van der Waals surface area contributed by atoms with E-state index in [0.29, 0.717) is 32.2 Å². The van der Waals surface area contributed by atoms with Gasteiger partial charge in [0.05, 0.1) is 35.6 Å².